The van der Waals surface area contributed by atoms with Crippen molar-refractivity contribution in [3.05, 3.63) is 29.6 Å². The third kappa shape index (κ3) is 3.85. The van der Waals surface area contributed by atoms with Crippen LogP contribution >= 0.6 is 0 Å². The molecule has 0 radical (unpaired) electrons. The number of benzene rings is 1. The van der Waals surface area contributed by atoms with Crippen molar-refractivity contribution in [3.8, 4) is 0 Å². The van der Waals surface area contributed by atoms with Crippen molar-refractivity contribution in [2.24, 2.45) is 0 Å². The molecular weight excluding hydrogens is 342 g/mol. The lowest BCUT2D eigenvalue weighted by atomic mass is 10.1. The second kappa shape index (κ2) is 7.13. The lowest BCUT2D eigenvalue weighted by Crippen LogP contribution is -2.27. The van der Waals surface area contributed by atoms with Gasteiger partial charge in [-0.2, -0.15) is 0 Å². The number of ether oxygens (including phenoxy) is 1. The van der Waals surface area contributed by atoms with E-state index in [9.17, 15) is 13.2 Å². The van der Waals surface area contributed by atoms with E-state index in [0.29, 0.717) is 37.3 Å². The Bertz CT molecular complexity index is 889. The van der Waals surface area contributed by atoms with Crippen molar-refractivity contribution in [1.29, 1.82) is 0 Å². The van der Waals surface area contributed by atoms with Gasteiger partial charge >= 0.3 is 0 Å². The zero-order valence-corrected chi connectivity index (χ0v) is 15.3. The van der Waals surface area contributed by atoms with Gasteiger partial charge in [0.1, 0.15) is 5.82 Å². The van der Waals surface area contributed by atoms with E-state index < -0.39 is 9.84 Å². The summed E-state index contributed by atoms with van der Waals surface area (Å²) in [5.74, 6) is 0.971. The lowest BCUT2D eigenvalue weighted by molar-refractivity contribution is 0.0922. The summed E-state index contributed by atoms with van der Waals surface area (Å²) in [6.07, 6.45) is 0.605. The van der Waals surface area contributed by atoms with Gasteiger partial charge in [0.05, 0.1) is 35.2 Å². The van der Waals surface area contributed by atoms with Gasteiger partial charge in [0, 0.05) is 18.7 Å². The van der Waals surface area contributed by atoms with Crippen molar-refractivity contribution in [1.82, 2.24) is 14.9 Å². The van der Waals surface area contributed by atoms with Crippen LogP contribution in [0.4, 0.5) is 0 Å². The summed E-state index contributed by atoms with van der Waals surface area (Å²) < 4.78 is 30.7. The van der Waals surface area contributed by atoms with Gasteiger partial charge in [0.25, 0.3) is 5.91 Å². The van der Waals surface area contributed by atoms with Crippen LogP contribution in [0.15, 0.2) is 18.2 Å². The van der Waals surface area contributed by atoms with E-state index in [1.807, 2.05) is 24.5 Å². The molecule has 2 heterocycles. The SMILES string of the molecule is CCOCCNC(=O)c1ccc2c(c1)nc(C)n2[C@H]1CCS(=O)(=O)C1. The highest BCUT2D eigenvalue weighted by Crippen LogP contribution is 2.29. The zero-order chi connectivity index (χ0) is 18.0. The zero-order valence-electron chi connectivity index (χ0n) is 14.5. The summed E-state index contributed by atoms with van der Waals surface area (Å²) in [5.41, 5.74) is 2.11. The number of aryl methyl sites for hydroxylation is 1. The molecule has 3 rings (SSSR count). The molecule has 8 heteroatoms. The molecule has 1 amide bonds. The average molecular weight is 365 g/mol. The van der Waals surface area contributed by atoms with Gasteiger partial charge < -0.3 is 14.6 Å². The third-order valence-corrected chi connectivity index (χ3v) is 6.19. The summed E-state index contributed by atoms with van der Waals surface area (Å²) in [6.45, 7) is 5.33. The number of sulfone groups is 1. The fourth-order valence-electron chi connectivity index (χ4n) is 3.28. The first-order valence-corrected chi connectivity index (χ1v) is 10.3. The van der Waals surface area contributed by atoms with Crippen LogP contribution in [0.25, 0.3) is 11.0 Å². The molecule has 1 fully saturated rings. The maximum atomic E-state index is 12.2. The van der Waals surface area contributed by atoms with Crippen LogP contribution in [0, 0.1) is 6.92 Å². The summed E-state index contributed by atoms with van der Waals surface area (Å²) in [7, 11) is -2.97. The van der Waals surface area contributed by atoms with Crippen molar-refractivity contribution in [2.45, 2.75) is 26.3 Å². The van der Waals surface area contributed by atoms with Crippen LogP contribution in [0.2, 0.25) is 0 Å². The number of fused-ring (bicyclic) bond motifs is 1. The van der Waals surface area contributed by atoms with Crippen molar-refractivity contribution in [3.63, 3.8) is 0 Å². The first-order chi connectivity index (χ1) is 11.9. The number of rotatable bonds is 6. The predicted molar refractivity (Wildman–Crippen MR) is 95.6 cm³/mol. The molecule has 0 spiro atoms. The number of nitrogens with one attached hydrogen (secondary N) is 1. The number of nitrogens with zero attached hydrogens (tertiary/aromatic N) is 2. The minimum absolute atomic E-state index is 0.0825. The number of imidazole rings is 1. The van der Waals surface area contributed by atoms with E-state index in [0.717, 1.165) is 11.3 Å². The number of aromatic nitrogens is 2. The molecule has 1 aliphatic heterocycles. The van der Waals surface area contributed by atoms with Gasteiger partial charge in [-0.15, -0.1) is 0 Å². The van der Waals surface area contributed by atoms with Crippen LogP contribution in [0.5, 0.6) is 0 Å². The normalized spacial score (nSPS) is 19.4. The average Bonchev–Trinajstić information content (AvgIpc) is 3.08. The van der Waals surface area contributed by atoms with E-state index in [-0.39, 0.29) is 23.5 Å². The van der Waals surface area contributed by atoms with E-state index in [1.54, 1.807) is 12.1 Å². The number of amides is 1. The highest BCUT2D eigenvalue weighted by molar-refractivity contribution is 7.91. The molecule has 1 aromatic carbocycles. The van der Waals surface area contributed by atoms with E-state index in [1.165, 1.54) is 0 Å². The maximum absolute atomic E-state index is 12.2. The number of hydrogen-bond acceptors (Lipinski definition) is 5. The van der Waals surface area contributed by atoms with Gasteiger partial charge in [0.2, 0.25) is 0 Å². The highest BCUT2D eigenvalue weighted by Gasteiger charge is 2.31. The van der Waals surface area contributed by atoms with Gasteiger partial charge in [-0.1, -0.05) is 0 Å². The molecular formula is C17H23N3O4S. The van der Waals surface area contributed by atoms with Crippen LogP contribution in [-0.2, 0) is 14.6 Å². The number of carbonyl (C=O) groups excluding carboxylic acids is 1. The van der Waals surface area contributed by atoms with Gasteiger partial charge in [0.15, 0.2) is 9.84 Å². The molecule has 1 aromatic heterocycles. The maximum Gasteiger partial charge on any atom is 0.251 e. The fraction of sp³-hybridized carbons (Fsp3) is 0.529. The van der Waals surface area contributed by atoms with Crippen LogP contribution < -0.4 is 5.32 Å². The third-order valence-electron chi connectivity index (χ3n) is 4.44. The second-order valence-corrected chi connectivity index (χ2v) is 8.47. The van der Waals surface area contributed by atoms with Crippen molar-refractivity contribution < 1.29 is 17.9 Å². The number of hydrogen-bond donors (Lipinski definition) is 1. The fourth-order valence-corrected chi connectivity index (χ4v) is 4.98. The summed E-state index contributed by atoms with van der Waals surface area (Å²) in [4.78, 5) is 16.7. The smallest absolute Gasteiger partial charge is 0.251 e. The van der Waals surface area contributed by atoms with Gasteiger partial charge in [-0.05, 0) is 38.5 Å². The van der Waals surface area contributed by atoms with Crippen LogP contribution in [-0.4, -0.2) is 55.1 Å². The highest BCUT2D eigenvalue weighted by atomic mass is 32.2. The topological polar surface area (TPSA) is 90.3 Å². The van der Waals surface area contributed by atoms with E-state index in [2.05, 4.69) is 10.3 Å². The molecule has 136 valence electrons. The van der Waals surface area contributed by atoms with Gasteiger partial charge in [-0.3, -0.25) is 4.79 Å². The lowest BCUT2D eigenvalue weighted by Gasteiger charge is -2.13. The minimum Gasteiger partial charge on any atom is -0.380 e. The van der Waals surface area contributed by atoms with E-state index >= 15 is 0 Å². The Morgan fingerprint density at radius 2 is 2.24 bits per heavy atom. The van der Waals surface area contributed by atoms with E-state index in [4.69, 9.17) is 4.74 Å². The first kappa shape index (κ1) is 17.9. The molecule has 7 nitrogen and oxygen atoms in total. The molecule has 0 unspecified atom stereocenters. The molecule has 1 atom stereocenters. The molecule has 2 aromatic rings. The Morgan fingerprint density at radius 1 is 1.44 bits per heavy atom. The molecule has 25 heavy (non-hydrogen) atoms. The molecule has 0 bridgehead atoms. The molecule has 0 saturated carbocycles. The summed E-state index contributed by atoms with van der Waals surface area (Å²) in [6, 6.07) is 5.26. The quantitative estimate of drug-likeness (QED) is 0.783. The molecule has 1 N–H and O–H groups in total. The predicted octanol–water partition coefficient (Wildman–Crippen LogP) is 1.47. The standard InChI is InChI=1S/C17H23N3O4S/c1-3-24-8-7-18-17(21)13-4-5-16-15(10-13)19-12(2)20(16)14-6-9-25(22,23)11-14/h4-5,10,14H,3,6-9,11H2,1-2H3,(H,18,21)/t14-/m0/s1. The Morgan fingerprint density at radius 3 is 2.92 bits per heavy atom. The molecule has 0 aliphatic carbocycles. The first-order valence-electron chi connectivity index (χ1n) is 8.46. The van der Waals surface area contributed by atoms with Crippen molar-refractivity contribution >= 4 is 26.8 Å². The molecule has 1 aliphatic rings. The summed E-state index contributed by atoms with van der Waals surface area (Å²) in [5, 5.41) is 2.81. The summed E-state index contributed by atoms with van der Waals surface area (Å²) >= 11 is 0. The second-order valence-electron chi connectivity index (χ2n) is 6.24. The largest absolute Gasteiger partial charge is 0.380 e. The Kier molecular flexibility index (Phi) is 5.10. The minimum atomic E-state index is -2.97. The van der Waals surface area contributed by atoms with Gasteiger partial charge in [-0.25, -0.2) is 13.4 Å². The Labute approximate surface area is 147 Å². The Balaban J connectivity index is 1.82. The molecule has 1 saturated heterocycles. The monoisotopic (exact) mass is 365 g/mol. The van der Waals surface area contributed by atoms with Crippen molar-refractivity contribution in [2.75, 3.05) is 31.3 Å². The Hall–Kier alpha value is -1.93. The van der Waals surface area contributed by atoms with Crippen LogP contribution in [0.1, 0.15) is 35.6 Å². The number of carbonyl (C=O) groups is 1. The van der Waals surface area contributed by atoms with Crippen LogP contribution in [0.3, 0.4) is 0 Å².